The SMILES string of the molecule is CC(NCCCC1CC1)c1nc2ccccc2n1C. The van der Waals surface area contributed by atoms with Gasteiger partial charge in [-0.25, -0.2) is 4.98 Å². The lowest BCUT2D eigenvalue weighted by molar-refractivity contribution is 0.506. The topological polar surface area (TPSA) is 29.9 Å². The second-order valence-electron chi connectivity index (χ2n) is 5.78. The number of hydrogen-bond donors (Lipinski definition) is 1. The zero-order valence-electron chi connectivity index (χ0n) is 11.9. The van der Waals surface area contributed by atoms with E-state index >= 15 is 0 Å². The molecule has 1 heterocycles. The summed E-state index contributed by atoms with van der Waals surface area (Å²) in [6.45, 7) is 3.30. The third-order valence-electron chi connectivity index (χ3n) is 4.15. The van der Waals surface area contributed by atoms with Gasteiger partial charge in [0, 0.05) is 7.05 Å². The van der Waals surface area contributed by atoms with Crippen molar-refractivity contribution in [3.63, 3.8) is 0 Å². The van der Waals surface area contributed by atoms with Crippen LogP contribution in [0.1, 0.15) is 44.5 Å². The lowest BCUT2D eigenvalue weighted by Gasteiger charge is -2.13. The van der Waals surface area contributed by atoms with E-state index in [1.54, 1.807) is 0 Å². The average molecular weight is 257 g/mol. The largest absolute Gasteiger partial charge is 0.330 e. The summed E-state index contributed by atoms with van der Waals surface area (Å²) in [5, 5.41) is 3.60. The number of aromatic nitrogens is 2. The molecule has 0 aliphatic heterocycles. The number of imidazole rings is 1. The monoisotopic (exact) mass is 257 g/mol. The summed E-state index contributed by atoms with van der Waals surface area (Å²) < 4.78 is 2.20. The molecule has 102 valence electrons. The molecule has 1 saturated carbocycles. The standard InChI is InChI=1S/C16H23N3/c1-12(17-11-5-6-13-9-10-13)16-18-14-7-3-4-8-15(14)19(16)2/h3-4,7-8,12-13,17H,5-6,9-11H2,1-2H3. The molecular weight excluding hydrogens is 234 g/mol. The van der Waals surface area contributed by atoms with Crippen molar-refractivity contribution in [1.82, 2.24) is 14.9 Å². The van der Waals surface area contributed by atoms with Gasteiger partial charge in [0.2, 0.25) is 0 Å². The Hall–Kier alpha value is -1.35. The predicted octanol–water partition coefficient (Wildman–Crippen LogP) is 3.41. The zero-order chi connectivity index (χ0) is 13.2. The van der Waals surface area contributed by atoms with Crippen molar-refractivity contribution >= 4 is 11.0 Å². The fraction of sp³-hybridized carbons (Fsp3) is 0.562. The van der Waals surface area contributed by atoms with Crippen molar-refractivity contribution in [3.8, 4) is 0 Å². The quantitative estimate of drug-likeness (QED) is 0.804. The van der Waals surface area contributed by atoms with Crippen LogP contribution in [0.4, 0.5) is 0 Å². The molecule has 1 aliphatic carbocycles. The van der Waals surface area contributed by atoms with E-state index in [0.29, 0.717) is 6.04 Å². The van der Waals surface area contributed by atoms with E-state index in [-0.39, 0.29) is 0 Å². The summed E-state index contributed by atoms with van der Waals surface area (Å²) in [5.74, 6) is 2.17. The summed E-state index contributed by atoms with van der Waals surface area (Å²) in [6, 6.07) is 8.65. The second kappa shape index (κ2) is 5.33. The number of benzene rings is 1. The van der Waals surface area contributed by atoms with Crippen LogP contribution in [0.3, 0.4) is 0 Å². The highest BCUT2D eigenvalue weighted by molar-refractivity contribution is 5.75. The molecule has 1 atom stereocenters. The molecule has 19 heavy (non-hydrogen) atoms. The van der Waals surface area contributed by atoms with Gasteiger partial charge in [-0.3, -0.25) is 0 Å². The molecule has 1 fully saturated rings. The van der Waals surface area contributed by atoms with Gasteiger partial charge in [-0.15, -0.1) is 0 Å². The summed E-state index contributed by atoms with van der Waals surface area (Å²) in [7, 11) is 2.10. The van der Waals surface area contributed by atoms with Crippen LogP contribution in [0, 0.1) is 5.92 Å². The Morgan fingerprint density at radius 3 is 2.89 bits per heavy atom. The second-order valence-corrected chi connectivity index (χ2v) is 5.78. The van der Waals surface area contributed by atoms with Crippen molar-refractivity contribution in [3.05, 3.63) is 30.1 Å². The van der Waals surface area contributed by atoms with Crippen LogP contribution in [0.15, 0.2) is 24.3 Å². The minimum atomic E-state index is 0.316. The Labute approximate surface area is 115 Å². The highest BCUT2D eigenvalue weighted by atomic mass is 15.1. The van der Waals surface area contributed by atoms with E-state index in [4.69, 9.17) is 4.98 Å². The Balaban J connectivity index is 1.63. The number of hydrogen-bond acceptors (Lipinski definition) is 2. The van der Waals surface area contributed by atoms with Crippen molar-refractivity contribution in [2.75, 3.05) is 6.54 Å². The molecule has 1 aliphatic rings. The number of para-hydroxylation sites is 2. The minimum absolute atomic E-state index is 0.316. The third-order valence-corrected chi connectivity index (χ3v) is 4.15. The van der Waals surface area contributed by atoms with E-state index in [1.165, 1.54) is 31.2 Å². The Bertz CT molecular complexity index is 554. The molecule has 0 bridgehead atoms. The first-order valence-corrected chi connectivity index (χ1v) is 7.40. The molecule has 1 unspecified atom stereocenters. The Morgan fingerprint density at radius 2 is 2.16 bits per heavy atom. The van der Waals surface area contributed by atoms with Crippen molar-refractivity contribution < 1.29 is 0 Å². The van der Waals surface area contributed by atoms with Gasteiger partial charge in [-0.2, -0.15) is 0 Å². The Morgan fingerprint density at radius 1 is 1.37 bits per heavy atom. The highest BCUT2D eigenvalue weighted by Gasteiger charge is 2.20. The van der Waals surface area contributed by atoms with Crippen LogP contribution in [-0.4, -0.2) is 16.1 Å². The smallest absolute Gasteiger partial charge is 0.126 e. The summed E-state index contributed by atoms with van der Waals surface area (Å²) in [5.41, 5.74) is 2.30. The average Bonchev–Trinajstić information content (AvgIpc) is 3.19. The van der Waals surface area contributed by atoms with Gasteiger partial charge in [0.05, 0.1) is 17.1 Å². The maximum Gasteiger partial charge on any atom is 0.126 e. The van der Waals surface area contributed by atoms with Crippen LogP contribution >= 0.6 is 0 Å². The maximum atomic E-state index is 4.74. The van der Waals surface area contributed by atoms with Gasteiger partial charge >= 0.3 is 0 Å². The minimum Gasteiger partial charge on any atom is -0.330 e. The number of nitrogens with one attached hydrogen (secondary N) is 1. The summed E-state index contributed by atoms with van der Waals surface area (Å²) >= 11 is 0. The molecule has 3 heteroatoms. The first kappa shape index (κ1) is 12.7. The van der Waals surface area contributed by atoms with Crippen LogP contribution < -0.4 is 5.32 Å². The van der Waals surface area contributed by atoms with E-state index in [2.05, 4.69) is 42.1 Å². The normalized spacial score (nSPS) is 16.9. The van der Waals surface area contributed by atoms with E-state index < -0.39 is 0 Å². The van der Waals surface area contributed by atoms with Crippen molar-refractivity contribution in [2.24, 2.45) is 13.0 Å². The molecule has 0 saturated heterocycles. The fourth-order valence-electron chi connectivity index (χ4n) is 2.76. The molecule has 0 radical (unpaired) electrons. The van der Waals surface area contributed by atoms with Gasteiger partial charge in [-0.1, -0.05) is 25.0 Å². The van der Waals surface area contributed by atoms with Crippen LogP contribution in [0.2, 0.25) is 0 Å². The van der Waals surface area contributed by atoms with Crippen molar-refractivity contribution in [1.29, 1.82) is 0 Å². The molecule has 0 amide bonds. The molecule has 1 N–H and O–H groups in total. The molecular formula is C16H23N3. The van der Waals surface area contributed by atoms with Crippen molar-refractivity contribution in [2.45, 2.75) is 38.6 Å². The van der Waals surface area contributed by atoms with Gasteiger partial charge in [0.1, 0.15) is 5.82 Å². The Kier molecular flexibility index (Phi) is 3.56. The van der Waals surface area contributed by atoms with Gasteiger partial charge < -0.3 is 9.88 Å². The lowest BCUT2D eigenvalue weighted by Crippen LogP contribution is -2.22. The first-order valence-electron chi connectivity index (χ1n) is 7.40. The molecule has 3 rings (SSSR count). The molecule has 3 nitrogen and oxygen atoms in total. The van der Waals surface area contributed by atoms with Crippen LogP contribution in [0.25, 0.3) is 11.0 Å². The number of fused-ring (bicyclic) bond motifs is 1. The third kappa shape index (κ3) is 2.81. The van der Waals surface area contributed by atoms with Gasteiger partial charge in [-0.05, 0) is 44.4 Å². The fourth-order valence-corrected chi connectivity index (χ4v) is 2.76. The van der Waals surface area contributed by atoms with Crippen LogP contribution in [-0.2, 0) is 7.05 Å². The molecule has 1 aromatic heterocycles. The molecule has 2 aromatic rings. The van der Waals surface area contributed by atoms with E-state index in [0.717, 1.165) is 23.8 Å². The lowest BCUT2D eigenvalue weighted by atomic mass is 10.2. The van der Waals surface area contributed by atoms with Gasteiger partial charge in [0.25, 0.3) is 0 Å². The van der Waals surface area contributed by atoms with E-state index in [1.807, 2.05) is 6.07 Å². The molecule has 0 spiro atoms. The summed E-state index contributed by atoms with van der Waals surface area (Å²) in [4.78, 5) is 4.74. The number of rotatable bonds is 6. The van der Waals surface area contributed by atoms with Gasteiger partial charge in [0.15, 0.2) is 0 Å². The predicted molar refractivity (Wildman–Crippen MR) is 79.1 cm³/mol. The summed E-state index contributed by atoms with van der Waals surface area (Å²) in [6.07, 6.45) is 5.60. The first-order chi connectivity index (χ1) is 9.25. The van der Waals surface area contributed by atoms with E-state index in [9.17, 15) is 0 Å². The maximum absolute atomic E-state index is 4.74. The number of aryl methyl sites for hydroxylation is 1. The molecule has 1 aromatic carbocycles. The van der Waals surface area contributed by atoms with Crippen LogP contribution in [0.5, 0.6) is 0 Å². The number of nitrogens with zero attached hydrogens (tertiary/aromatic N) is 2. The zero-order valence-corrected chi connectivity index (χ0v) is 11.9. The highest BCUT2D eigenvalue weighted by Crippen LogP contribution is 2.33.